The van der Waals surface area contributed by atoms with Crippen molar-refractivity contribution in [2.45, 2.75) is 19.9 Å². The van der Waals surface area contributed by atoms with Gasteiger partial charge >= 0.3 is 0 Å². The maximum Gasteiger partial charge on any atom is 0.273 e. The van der Waals surface area contributed by atoms with Gasteiger partial charge in [0.25, 0.3) is 5.91 Å². The molecule has 1 aromatic heterocycles. The van der Waals surface area contributed by atoms with E-state index in [1.807, 2.05) is 80.5 Å². The van der Waals surface area contributed by atoms with E-state index in [9.17, 15) is 9.59 Å². The molecular weight excluding hydrogens is 434 g/mol. The van der Waals surface area contributed by atoms with Crippen LogP contribution in [0.25, 0.3) is 0 Å². The number of benzene rings is 2. The van der Waals surface area contributed by atoms with Gasteiger partial charge in [-0.15, -0.1) is 11.3 Å². The maximum atomic E-state index is 13.3. The van der Waals surface area contributed by atoms with E-state index in [1.54, 1.807) is 10.3 Å². The predicted octanol–water partition coefficient (Wildman–Crippen LogP) is 3.91. The first-order valence-electron chi connectivity index (χ1n) is 10.9. The van der Waals surface area contributed by atoms with Gasteiger partial charge in [-0.2, -0.15) is 0 Å². The van der Waals surface area contributed by atoms with Crippen molar-refractivity contribution in [3.63, 3.8) is 0 Å². The van der Waals surface area contributed by atoms with Crippen molar-refractivity contribution < 1.29 is 9.59 Å². The van der Waals surface area contributed by atoms with E-state index in [4.69, 9.17) is 0 Å². The zero-order valence-electron chi connectivity index (χ0n) is 19.4. The van der Waals surface area contributed by atoms with Crippen LogP contribution in [0.3, 0.4) is 0 Å². The molecule has 1 heterocycles. The van der Waals surface area contributed by atoms with Crippen molar-refractivity contribution in [3.8, 4) is 0 Å². The van der Waals surface area contributed by atoms with Crippen LogP contribution < -0.4 is 10.6 Å². The molecule has 2 aromatic carbocycles. The standard InChI is InChI=1S/C25H31N5O2S/c1-19-8-7-11-21(16-19)27-25-28-22(18-33-25)24(32)30(17-20-9-5-4-6-10-20)14-12-23(31)26-13-15-29(2)3/h4-11,16,18H,12-15,17H2,1-3H3,(H,26,31)(H,27,28). The van der Waals surface area contributed by atoms with Crippen molar-refractivity contribution >= 4 is 34.0 Å². The second kappa shape index (κ2) is 12.1. The number of thiazole rings is 1. The van der Waals surface area contributed by atoms with Gasteiger partial charge in [0.15, 0.2) is 5.13 Å². The zero-order valence-corrected chi connectivity index (χ0v) is 20.2. The average Bonchev–Trinajstić information content (AvgIpc) is 3.25. The molecule has 0 saturated heterocycles. The minimum Gasteiger partial charge on any atom is -0.355 e. The number of hydrogen-bond donors (Lipinski definition) is 2. The van der Waals surface area contributed by atoms with Crippen molar-refractivity contribution in [3.05, 3.63) is 76.8 Å². The Balaban J connectivity index is 1.66. The van der Waals surface area contributed by atoms with Crippen LogP contribution in [0.5, 0.6) is 0 Å². The van der Waals surface area contributed by atoms with Gasteiger partial charge in [0.05, 0.1) is 0 Å². The van der Waals surface area contributed by atoms with Gasteiger partial charge in [0.2, 0.25) is 5.91 Å². The van der Waals surface area contributed by atoms with Gasteiger partial charge in [-0.1, -0.05) is 42.5 Å². The van der Waals surface area contributed by atoms with Gasteiger partial charge in [-0.3, -0.25) is 9.59 Å². The Morgan fingerprint density at radius 1 is 1.03 bits per heavy atom. The van der Waals surface area contributed by atoms with Crippen molar-refractivity contribution in [2.75, 3.05) is 39.0 Å². The molecular formula is C25H31N5O2S. The molecule has 2 N–H and O–H groups in total. The molecule has 8 heteroatoms. The van der Waals surface area contributed by atoms with E-state index < -0.39 is 0 Å². The number of carbonyl (C=O) groups excluding carboxylic acids is 2. The van der Waals surface area contributed by atoms with Crippen LogP contribution in [0.4, 0.5) is 10.8 Å². The summed E-state index contributed by atoms with van der Waals surface area (Å²) in [5, 5.41) is 8.58. The van der Waals surface area contributed by atoms with Crippen molar-refractivity contribution in [2.24, 2.45) is 0 Å². The Morgan fingerprint density at radius 2 is 1.82 bits per heavy atom. The summed E-state index contributed by atoms with van der Waals surface area (Å²) in [6, 6.07) is 17.8. The van der Waals surface area contributed by atoms with Crippen LogP contribution in [0.1, 0.15) is 28.0 Å². The van der Waals surface area contributed by atoms with E-state index in [1.165, 1.54) is 11.3 Å². The lowest BCUT2D eigenvalue weighted by Gasteiger charge is -2.22. The fourth-order valence-corrected chi connectivity index (χ4v) is 3.94. The van der Waals surface area contributed by atoms with Gasteiger partial charge in [-0.25, -0.2) is 4.98 Å². The molecule has 0 saturated carbocycles. The first-order chi connectivity index (χ1) is 15.9. The first-order valence-corrected chi connectivity index (χ1v) is 11.8. The molecule has 174 valence electrons. The molecule has 0 aliphatic rings. The molecule has 7 nitrogen and oxygen atoms in total. The predicted molar refractivity (Wildman–Crippen MR) is 134 cm³/mol. The lowest BCUT2D eigenvalue weighted by molar-refractivity contribution is -0.121. The third-order valence-corrected chi connectivity index (χ3v) is 5.74. The lowest BCUT2D eigenvalue weighted by atomic mass is 10.2. The first kappa shape index (κ1) is 24.4. The van der Waals surface area contributed by atoms with Crippen molar-refractivity contribution in [1.82, 2.24) is 20.1 Å². The van der Waals surface area contributed by atoms with Crippen LogP contribution in [0.2, 0.25) is 0 Å². The SMILES string of the molecule is Cc1cccc(Nc2nc(C(=O)N(CCC(=O)NCCN(C)C)Cc3ccccc3)cs2)c1. The highest BCUT2D eigenvalue weighted by Crippen LogP contribution is 2.23. The molecule has 0 spiro atoms. The summed E-state index contributed by atoms with van der Waals surface area (Å²) < 4.78 is 0. The van der Waals surface area contributed by atoms with Gasteiger partial charge in [0, 0.05) is 43.7 Å². The number of aryl methyl sites for hydroxylation is 1. The quantitative estimate of drug-likeness (QED) is 0.449. The molecule has 3 rings (SSSR count). The second-order valence-electron chi connectivity index (χ2n) is 8.15. The number of hydrogen-bond acceptors (Lipinski definition) is 6. The molecule has 0 radical (unpaired) electrons. The van der Waals surface area contributed by atoms with Gasteiger partial charge in [0.1, 0.15) is 5.69 Å². The fourth-order valence-electron chi connectivity index (χ4n) is 3.24. The van der Waals surface area contributed by atoms with E-state index in [0.717, 1.165) is 23.4 Å². The highest BCUT2D eigenvalue weighted by atomic mass is 32.1. The normalized spacial score (nSPS) is 10.8. The molecule has 0 unspecified atom stereocenters. The Kier molecular flexibility index (Phi) is 8.97. The fraction of sp³-hybridized carbons (Fsp3) is 0.320. The molecule has 0 aliphatic heterocycles. The summed E-state index contributed by atoms with van der Waals surface area (Å²) in [6.45, 7) is 4.12. The number of likely N-dealkylation sites (N-methyl/N-ethyl adjacent to an activating group) is 1. The summed E-state index contributed by atoms with van der Waals surface area (Å²) in [5.41, 5.74) is 3.45. The molecule has 0 fully saturated rings. The van der Waals surface area contributed by atoms with Crippen LogP contribution in [-0.2, 0) is 11.3 Å². The smallest absolute Gasteiger partial charge is 0.273 e. The van der Waals surface area contributed by atoms with Crippen LogP contribution in [0, 0.1) is 6.92 Å². The topological polar surface area (TPSA) is 77.6 Å². The number of rotatable bonds is 11. The average molecular weight is 466 g/mol. The molecule has 0 atom stereocenters. The third-order valence-electron chi connectivity index (χ3n) is 4.99. The number of carbonyl (C=O) groups is 2. The Labute approximate surface area is 199 Å². The monoisotopic (exact) mass is 465 g/mol. The minimum atomic E-state index is -0.187. The highest BCUT2D eigenvalue weighted by Gasteiger charge is 2.20. The summed E-state index contributed by atoms with van der Waals surface area (Å²) in [5.74, 6) is -0.253. The number of aromatic nitrogens is 1. The molecule has 0 aliphatic carbocycles. The summed E-state index contributed by atoms with van der Waals surface area (Å²) >= 11 is 1.39. The van der Waals surface area contributed by atoms with Crippen LogP contribution in [-0.4, -0.2) is 60.3 Å². The summed E-state index contributed by atoms with van der Waals surface area (Å²) in [6.07, 6.45) is 0.241. The van der Waals surface area contributed by atoms with E-state index >= 15 is 0 Å². The number of nitrogens with zero attached hydrogens (tertiary/aromatic N) is 3. The third kappa shape index (κ3) is 8.00. The Bertz CT molecular complexity index is 1050. The number of anilines is 2. The number of amides is 2. The summed E-state index contributed by atoms with van der Waals surface area (Å²) in [7, 11) is 3.92. The molecule has 0 bridgehead atoms. The molecule has 3 aromatic rings. The highest BCUT2D eigenvalue weighted by molar-refractivity contribution is 7.14. The van der Waals surface area contributed by atoms with Crippen LogP contribution >= 0.6 is 11.3 Å². The van der Waals surface area contributed by atoms with E-state index in [2.05, 4.69) is 15.6 Å². The van der Waals surface area contributed by atoms with Crippen molar-refractivity contribution in [1.29, 1.82) is 0 Å². The summed E-state index contributed by atoms with van der Waals surface area (Å²) in [4.78, 5) is 33.8. The van der Waals surface area contributed by atoms with Gasteiger partial charge < -0.3 is 20.4 Å². The molecule has 2 amide bonds. The van der Waals surface area contributed by atoms with E-state index in [0.29, 0.717) is 30.5 Å². The lowest BCUT2D eigenvalue weighted by Crippen LogP contribution is -2.36. The largest absolute Gasteiger partial charge is 0.355 e. The van der Waals surface area contributed by atoms with Crippen LogP contribution in [0.15, 0.2) is 60.0 Å². The maximum absolute atomic E-state index is 13.3. The Morgan fingerprint density at radius 3 is 2.55 bits per heavy atom. The number of nitrogens with one attached hydrogen (secondary N) is 2. The zero-order chi connectivity index (χ0) is 23.6. The Hall–Kier alpha value is -3.23. The second-order valence-corrected chi connectivity index (χ2v) is 9.01. The van der Waals surface area contributed by atoms with E-state index in [-0.39, 0.29) is 18.2 Å². The molecule has 33 heavy (non-hydrogen) atoms. The van der Waals surface area contributed by atoms with Gasteiger partial charge in [-0.05, 0) is 44.3 Å². The minimum absolute atomic E-state index is 0.0669.